The first kappa shape index (κ1) is 21.3. The van der Waals surface area contributed by atoms with Gasteiger partial charge in [0.05, 0.1) is 4.88 Å². The molecule has 0 bridgehead atoms. The maximum Gasteiger partial charge on any atom is 0.289 e. The van der Waals surface area contributed by atoms with E-state index in [2.05, 4.69) is 60.7 Å². The van der Waals surface area contributed by atoms with Crippen molar-refractivity contribution in [2.45, 2.75) is 53.0 Å². The molecule has 8 heteroatoms. The van der Waals surface area contributed by atoms with Gasteiger partial charge in [0.1, 0.15) is 5.15 Å². The van der Waals surface area contributed by atoms with Gasteiger partial charge in [0.25, 0.3) is 5.15 Å². The lowest BCUT2D eigenvalue weighted by Gasteiger charge is -2.20. The molecule has 148 valence electrons. The van der Waals surface area contributed by atoms with Crippen molar-refractivity contribution in [3.05, 3.63) is 42.1 Å². The van der Waals surface area contributed by atoms with Crippen LogP contribution in [0.2, 0.25) is 10.3 Å². The maximum absolute atomic E-state index is 6.59. The Morgan fingerprint density at radius 1 is 1.19 bits per heavy atom. The van der Waals surface area contributed by atoms with Gasteiger partial charge in [0.15, 0.2) is 6.54 Å². The molecular formula is C19H26Cl2N3S3+. The molecule has 2 aromatic heterocycles. The average Bonchev–Trinajstić information content (AvgIpc) is 3.29. The van der Waals surface area contributed by atoms with Crippen LogP contribution < -0.4 is 4.57 Å². The van der Waals surface area contributed by atoms with Crippen LogP contribution in [0.15, 0.2) is 25.8 Å². The summed E-state index contributed by atoms with van der Waals surface area (Å²) in [7, 11) is 0. The Bertz CT molecular complexity index is 869. The first-order valence-electron chi connectivity index (χ1n) is 9.08. The largest absolute Gasteiger partial charge is 0.289 e. The second-order valence-electron chi connectivity index (χ2n) is 7.42. The number of rotatable bonds is 7. The minimum Gasteiger partial charge on any atom is -0.244 e. The first-order chi connectivity index (χ1) is 12.8. The van der Waals surface area contributed by atoms with Gasteiger partial charge in [0, 0.05) is 28.8 Å². The zero-order chi connectivity index (χ0) is 19.7. The molecular weight excluding hydrogens is 437 g/mol. The lowest BCUT2D eigenvalue weighted by molar-refractivity contribution is -0.694. The van der Waals surface area contributed by atoms with E-state index < -0.39 is 11.1 Å². The van der Waals surface area contributed by atoms with Crippen LogP contribution in [0.25, 0.3) is 0 Å². The second-order valence-corrected chi connectivity index (χ2v) is 11.7. The molecule has 0 saturated carbocycles. The monoisotopic (exact) mass is 462 g/mol. The van der Waals surface area contributed by atoms with Gasteiger partial charge in [-0.05, 0) is 52.4 Å². The van der Waals surface area contributed by atoms with Crippen molar-refractivity contribution in [2.75, 3.05) is 5.75 Å². The second kappa shape index (κ2) is 8.95. The van der Waals surface area contributed by atoms with Gasteiger partial charge in [-0.15, -0.1) is 11.1 Å². The summed E-state index contributed by atoms with van der Waals surface area (Å²) < 4.78 is 11.2. The van der Waals surface area contributed by atoms with E-state index in [0.717, 1.165) is 23.0 Å². The fourth-order valence-electron chi connectivity index (χ4n) is 3.28. The highest BCUT2D eigenvalue weighted by Gasteiger charge is 2.27. The van der Waals surface area contributed by atoms with Gasteiger partial charge in [-0.25, -0.2) is 4.40 Å². The fraction of sp³-hybridized carbons (Fsp3) is 0.526. The number of hydrogen-bond donors (Lipinski definition) is 1. The molecule has 0 saturated heterocycles. The standard InChI is InChI=1S/C19H26Cl2N3S3/c1-11(2)17-19(21)24(10-25-17)7-12(3)15-6-22-27(14(15)5)9-13(4)16-8-26-23-18(16)20/h6,8,10-13,27H,7,9H2,1-5H3/q+1. The smallest absolute Gasteiger partial charge is 0.244 e. The average molecular weight is 464 g/mol. The van der Waals surface area contributed by atoms with Crippen LogP contribution in [0.3, 0.4) is 0 Å². The summed E-state index contributed by atoms with van der Waals surface area (Å²) in [6.45, 7) is 12.0. The van der Waals surface area contributed by atoms with E-state index in [1.54, 1.807) is 11.3 Å². The molecule has 0 aromatic carbocycles. The van der Waals surface area contributed by atoms with E-state index in [-0.39, 0.29) is 0 Å². The van der Waals surface area contributed by atoms with E-state index in [1.807, 2.05) is 0 Å². The maximum atomic E-state index is 6.59. The Balaban J connectivity index is 1.69. The minimum absolute atomic E-state index is 0.374. The molecule has 1 aliphatic heterocycles. The molecule has 3 nitrogen and oxygen atoms in total. The predicted octanol–water partition coefficient (Wildman–Crippen LogP) is 6.64. The van der Waals surface area contributed by atoms with Gasteiger partial charge in [-0.2, -0.15) is 8.94 Å². The lowest BCUT2D eigenvalue weighted by atomic mass is 10.0. The van der Waals surface area contributed by atoms with Gasteiger partial charge in [0.2, 0.25) is 5.51 Å². The Labute approximate surface area is 182 Å². The number of nitrogens with zero attached hydrogens (tertiary/aromatic N) is 3. The van der Waals surface area contributed by atoms with Crippen molar-refractivity contribution >= 4 is 63.4 Å². The van der Waals surface area contributed by atoms with E-state index >= 15 is 0 Å². The molecule has 0 fully saturated rings. The van der Waals surface area contributed by atoms with Crippen LogP contribution in [-0.2, 0) is 6.54 Å². The highest BCUT2D eigenvalue weighted by atomic mass is 35.5. The van der Waals surface area contributed by atoms with Gasteiger partial charge < -0.3 is 0 Å². The number of hydrogen-bond acceptors (Lipinski definition) is 4. The quantitative estimate of drug-likeness (QED) is 0.362. The van der Waals surface area contributed by atoms with E-state index in [0.29, 0.717) is 22.9 Å². The molecule has 2 aromatic rings. The Kier molecular flexibility index (Phi) is 7.07. The van der Waals surface area contributed by atoms with Crippen molar-refractivity contribution in [2.24, 2.45) is 10.3 Å². The van der Waals surface area contributed by atoms with Crippen LogP contribution in [0.1, 0.15) is 56.9 Å². The molecule has 1 aliphatic rings. The molecule has 0 N–H and O–H groups in total. The summed E-state index contributed by atoms with van der Waals surface area (Å²) >= 11 is 15.5. The van der Waals surface area contributed by atoms with Gasteiger partial charge in [-0.1, -0.05) is 50.6 Å². The Morgan fingerprint density at radius 2 is 1.93 bits per heavy atom. The summed E-state index contributed by atoms with van der Waals surface area (Å²) in [6.07, 6.45) is 2.09. The molecule has 27 heavy (non-hydrogen) atoms. The van der Waals surface area contributed by atoms with Crippen LogP contribution in [0.5, 0.6) is 0 Å². The predicted molar refractivity (Wildman–Crippen MR) is 123 cm³/mol. The third kappa shape index (κ3) is 4.61. The first-order valence-corrected chi connectivity index (χ1v) is 13.0. The highest BCUT2D eigenvalue weighted by molar-refractivity contribution is 8.19. The Morgan fingerprint density at radius 3 is 2.52 bits per heavy atom. The summed E-state index contributed by atoms with van der Waals surface area (Å²) in [4.78, 5) is 2.69. The molecule has 3 unspecified atom stereocenters. The van der Waals surface area contributed by atoms with Crippen LogP contribution in [0, 0.1) is 5.92 Å². The lowest BCUT2D eigenvalue weighted by Crippen LogP contribution is -2.36. The topological polar surface area (TPSA) is 29.1 Å². The summed E-state index contributed by atoms with van der Waals surface area (Å²) in [5.74, 6) is 2.25. The molecule has 0 amide bonds. The van der Waals surface area contributed by atoms with Gasteiger partial charge >= 0.3 is 0 Å². The normalized spacial score (nSPS) is 20.7. The fourth-order valence-corrected chi connectivity index (χ4v) is 7.96. The zero-order valence-electron chi connectivity index (χ0n) is 16.2. The van der Waals surface area contributed by atoms with Crippen molar-refractivity contribution in [3.63, 3.8) is 0 Å². The number of thiazole rings is 1. The number of halogens is 2. The minimum atomic E-state index is -0.494. The van der Waals surface area contributed by atoms with E-state index in [9.17, 15) is 0 Å². The number of aromatic nitrogens is 2. The third-order valence-corrected chi connectivity index (χ3v) is 10.1. The molecule has 3 rings (SSSR count). The third-order valence-electron chi connectivity index (χ3n) is 4.96. The number of allylic oxidation sites excluding steroid dienone is 2. The zero-order valence-corrected chi connectivity index (χ0v) is 20.3. The van der Waals surface area contributed by atoms with Crippen molar-refractivity contribution in [1.29, 1.82) is 0 Å². The summed E-state index contributed by atoms with van der Waals surface area (Å²) in [5, 5.41) is 3.59. The van der Waals surface area contributed by atoms with Crippen LogP contribution >= 0.6 is 57.2 Å². The molecule has 0 spiro atoms. The Hall–Kier alpha value is -0.400. The van der Waals surface area contributed by atoms with Crippen LogP contribution in [0.4, 0.5) is 0 Å². The van der Waals surface area contributed by atoms with E-state index in [4.69, 9.17) is 27.6 Å². The summed E-state index contributed by atoms with van der Waals surface area (Å²) in [5.41, 5.74) is 4.66. The number of thiol groups is 1. The van der Waals surface area contributed by atoms with Crippen molar-refractivity contribution in [1.82, 2.24) is 4.37 Å². The summed E-state index contributed by atoms with van der Waals surface area (Å²) in [6, 6.07) is 0. The SMILES string of the molecule is CC1=C(C(C)C[n+]2csc(C(C)C)c2Cl)C=N[SH]1CC(C)c1csnc1Cl. The molecule has 0 aliphatic carbocycles. The van der Waals surface area contributed by atoms with Crippen molar-refractivity contribution < 1.29 is 4.57 Å². The molecule has 0 radical (unpaired) electrons. The highest BCUT2D eigenvalue weighted by Crippen LogP contribution is 2.47. The van der Waals surface area contributed by atoms with Crippen LogP contribution in [-0.4, -0.2) is 16.3 Å². The molecule has 3 atom stereocenters. The molecule has 3 heterocycles. The van der Waals surface area contributed by atoms with Crippen molar-refractivity contribution in [3.8, 4) is 0 Å². The van der Waals surface area contributed by atoms with E-state index in [1.165, 1.54) is 26.9 Å². The van der Waals surface area contributed by atoms with Gasteiger partial charge in [-0.3, -0.25) is 0 Å².